The zero-order valence-corrected chi connectivity index (χ0v) is 18.8. The minimum absolute atomic E-state index is 0.107. The van der Waals surface area contributed by atoms with Crippen LogP contribution in [0.15, 0.2) is 24.3 Å². The first-order valence-electron chi connectivity index (χ1n) is 12.4. The quantitative estimate of drug-likeness (QED) is 0.689. The molecule has 4 rings (SSSR count). The second kappa shape index (κ2) is 10.9. The number of hydrogen-bond acceptors (Lipinski definition) is 3. The lowest BCUT2D eigenvalue weighted by Crippen LogP contribution is -2.48. The van der Waals surface area contributed by atoms with E-state index >= 15 is 0 Å². The average Bonchev–Trinajstić information content (AvgIpc) is 3.32. The highest BCUT2D eigenvalue weighted by atomic mass is 16.2. The molecule has 0 unspecified atom stereocenters. The molecular weight excluding hydrogens is 388 g/mol. The zero-order chi connectivity index (χ0) is 21.5. The number of urea groups is 1. The van der Waals surface area contributed by atoms with E-state index < -0.39 is 0 Å². The summed E-state index contributed by atoms with van der Waals surface area (Å²) >= 11 is 0. The lowest BCUT2D eigenvalue weighted by Gasteiger charge is -2.36. The Hall–Kier alpha value is -2.24. The summed E-state index contributed by atoms with van der Waals surface area (Å²) in [6.07, 6.45) is 13.0. The van der Waals surface area contributed by atoms with Crippen LogP contribution >= 0.6 is 0 Å². The summed E-state index contributed by atoms with van der Waals surface area (Å²) in [4.78, 5) is 29.1. The van der Waals surface area contributed by atoms with Crippen LogP contribution in [0.4, 0.5) is 16.2 Å². The summed E-state index contributed by atoms with van der Waals surface area (Å²) in [5.41, 5.74) is 1.97. The normalized spacial score (nSPS) is 20.6. The van der Waals surface area contributed by atoms with Gasteiger partial charge in [-0.05, 0) is 49.4 Å². The summed E-state index contributed by atoms with van der Waals surface area (Å²) in [5, 5.41) is 6.05. The maximum absolute atomic E-state index is 12.5. The van der Waals surface area contributed by atoms with E-state index in [1.54, 1.807) is 0 Å². The summed E-state index contributed by atoms with van der Waals surface area (Å²) in [6, 6.07) is 8.26. The van der Waals surface area contributed by atoms with E-state index in [0.29, 0.717) is 18.4 Å². The Balaban J connectivity index is 1.19. The molecule has 3 fully saturated rings. The Morgan fingerprint density at radius 3 is 2.16 bits per heavy atom. The van der Waals surface area contributed by atoms with Crippen LogP contribution in [0.1, 0.15) is 70.6 Å². The second-order valence-corrected chi connectivity index (χ2v) is 9.54. The van der Waals surface area contributed by atoms with E-state index in [-0.39, 0.29) is 6.03 Å². The zero-order valence-electron chi connectivity index (χ0n) is 18.8. The standard InChI is InChI=1S/C25H38N4O2/c30-24(15-10-20-6-4-5-7-20)29-18-16-28(17-19-29)23-13-11-22(12-14-23)27-25(31)26-21-8-2-1-3-9-21/h11-14,20-21H,1-10,15-19H2,(H2,26,27,31). The molecule has 2 saturated carbocycles. The first kappa shape index (κ1) is 22.0. The molecule has 1 aliphatic heterocycles. The van der Waals surface area contributed by atoms with Crippen LogP contribution in [0.3, 0.4) is 0 Å². The highest BCUT2D eigenvalue weighted by molar-refractivity contribution is 5.89. The highest BCUT2D eigenvalue weighted by Gasteiger charge is 2.23. The molecular formula is C25H38N4O2. The van der Waals surface area contributed by atoms with Crippen LogP contribution < -0.4 is 15.5 Å². The second-order valence-electron chi connectivity index (χ2n) is 9.54. The Bertz CT molecular complexity index is 716. The van der Waals surface area contributed by atoms with Crippen molar-refractivity contribution in [2.45, 2.75) is 76.7 Å². The average molecular weight is 427 g/mol. The number of benzene rings is 1. The topological polar surface area (TPSA) is 64.7 Å². The number of carbonyl (C=O) groups excluding carboxylic acids is 2. The van der Waals surface area contributed by atoms with E-state index in [1.165, 1.54) is 44.9 Å². The highest BCUT2D eigenvalue weighted by Crippen LogP contribution is 2.29. The molecule has 31 heavy (non-hydrogen) atoms. The third kappa shape index (κ3) is 6.37. The minimum atomic E-state index is -0.107. The van der Waals surface area contributed by atoms with Crippen molar-refractivity contribution >= 4 is 23.3 Å². The lowest BCUT2D eigenvalue weighted by molar-refractivity contribution is -0.131. The molecule has 0 radical (unpaired) electrons. The van der Waals surface area contributed by atoms with Crippen molar-refractivity contribution in [1.82, 2.24) is 10.2 Å². The molecule has 1 heterocycles. The number of anilines is 2. The maximum Gasteiger partial charge on any atom is 0.319 e. The van der Waals surface area contributed by atoms with Gasteiger partial charge in [-0.15, -0.1) is 0 Å². The molecule has 0 atom stereocenters. The van der Waals surface area contributed by atoms with E-state index in [4.69, 9.17) is 0 Å². The van der Waals surface area contributed by atoms with Gasteiger partial charge < -0.3 is 20.4 Å². The predicted octanol–water partition coefficient (Wildman–Crippen LogP) is 4.76. The van der Waals surface area contributed by atoms with Gasteiger partial charge in [0.25, 0.3) is 0 Å². The van der Waals surface area contributed by atoms with Crippen molar-refractivity contribution in [3.05, 3.63) is 24.3 Å². The Kier molecular flexibility index (Phi) is 7.71. The molecule has 1 aromatic carbocycles. The van der Waals surface area contributed by atoms with Gasteiger partial charge in [-0.2, -0.15) is 0 Å². The number of hydrogen-bond donors (Lipinski definition) is 2. The molecule has 6 heteroatoms. The molecule has 3 amide bonds. The first-order valence-corrected chi connectivity index (χ1v) is 12.4. The number of nitrogens with zero attached hydrogens (tertiary/aromatic N) is 2. The van der Waals surface area contributed by atoms with Gasteiger partial charge in [-0.1, -0.05) is 44.9 Å². The van der Waals surface area contributed by atoms with Crippen molar-refractivity contribution in [1.29, 1.82) is 0 Å². The number of carbonyl (C=O) groups is 2. The van der Waals surface area contributed by atoms with Gasteiger partial charge in [-0.25, -0.2) is 4.79 Å². The molecule has 3 aliphatic rings. The van der Waals surface area contributed by atoms with Crippen LogP contribution in [0.25, 0.3) is 0 Å². The first-order chi connectivity index (χ1) is 15.2. The molecule has 0 aromatic heterocycles. The van der Waals surface area contributed by atoms with E-state index in [1.807, 2.05) is 17.0 Å². The van der Waals surface area contributed by atoms with E-state index in [0.717, 1.165) is 62.7 Å². The number of rotatable bonds is 6. The molecule has 0 bridgehead atoms. The third-order valence-electron chi connectivity index (χ3n) is 7.30. The molecule has 2 N–H and O–H groups in total. The summed E-state index contributed by atoms with van der Waals surface area (Å²) in [6.45, 7) is 3.33. The van der Waals surface area contributed by atoms with Crippen LogP contribution in [-0.2, 0) is 4.79 Å². The van der Waals surface area contributed by atoms with Gasteiger partial charge in [0.15, 0.2) is 0 Å². The third-order valence-corrected chi connectivity index (χ3v) is 7.30. The van der Waals surface area contributed by atoms with Crippen molar-refractivity contribution in [3.63, 3.8) is 0 Å². The lowest BCUT2D eigenvalue weighted by atomic mass is 9.96. The summed E-state index contributed by atoms with van der Waals surface area (Å²) in [7, 11) is 0. The monoisotopic (exact) mass is 426 g/mol. The fraction of sp³-hybridized carbons (Fsp3) is 0.680. The van der Waals surface area contributed by atoms with E-state index in [2.05, 4.69) is 27.7 Å². The number of amides is 3. The Morgan fingerprint density at radius 2 is 1.48 bits per heavy atom. The number of piperazine rings is 1. The van der Waals surface area contributed by atoms with Gasteiger partial charge in [0.05, 0.1) is 0 Å². The fourth-order valence-electron chi connectivity index (χ4n) is 5.35. The largest absolute Gasteiger partial charge is 0.368 e. The van der Waals surface area contributed by atoms with Crippen LogP contribution in [0.5, 0.6) is 0 Å². The van der Waals surface area contributed by atoms with Crippen molar-refractivity contribution in [2.24, 2.45) is 5.92 Å². The Labute approximate surface area is 186 Å². The maximum atomic E-state index is 12.5. The van der Waals surface area contributed by atoms with Gasteiger partial charge in [0, 0.05) is 50.0 Å². The molecule has 1 saturated heterocycles. The summed E-state index contributed by atoms with van der Waals surface area (Å²) in [5.74, 6) is 1.11. The van der Waals surface area contributed by atoms with Gasteiger partial charge in [0.1, 0.15) is 0 Å². The van der Waals surface area contributed by atoms with E-state index in [9.17, 15) is 9.59 Å². The minimum Gasteiger partial charge on any atom is -0.368 e. The smallest absolute Gasteiger partial charge is 0.319 e. The van der Waals surface area contributed by atoms with Crippen molar-refractivity contribution in [2.75, 3.05) is 36.4 Å². The molecule has 170 valence electrons. The predicted molar refractivity (Wildman–Crippen MR) is 125 cm³/mol. The Morgan fingerprint density at radius 1 is 0.839 bits per heavy atom. The van der Waals surface area contributed by atoms with Crippen LogP contribution in [0.2, 0.25) is 0 Å². The van der Waals surface area contributed by atoms with Crippen LogP contribution in [0, 0.1) is 5.92 Å². The molecule has 1 aromatic rings. The van der Waals surface area contributed by atoms with Crippen molar-refractivity contribution < 1.29 is 9.59 Å². The van der Waals surface area contributed by atoms with Gasteiger partial charge in [0.2, 0.25) is 5.91 Å². The molecule has 2 aliphatic carbocycles. The SMILES string of the molecule is O=C(Nc1ccc(N2CCN(C(=O)CCC3CCCC3)CC2)cc1)NC1CCCCC1. The summed E-state index contributed by atoms with van der Waals surface area (Å²) < 4.78 is 0. The van der Waals surface area contributed by atoms with Crippen LogP contribution in [-0.4, -0.2) is 49.1 Å². The van der Waals surface area contributed by atoms with Crippen molar-refractivity contribution in [3.8, 4) is 0 Å². The van der Waals surface area contributed by atoms with Gasteiger partial charge in [-0.3, -0.25) is 4.79 Å². The molecule has 0 spiro atoms. The number of nitrogens with one attached hydrogen (secondary N) is 2. The van der Waals surface area contributed by atoms with Gasteiger partial charge >= 0.3 is 6.03 Å². The fourth-order valence-corrected chi connectivity index (χ4v) is 5.35. The molecule has 6 nitrogen and oxygen atoms in total.